The predicted octanol–water partition coefficient (Wildman–Crippen LogP) is 3.72. The molecule has 0 radical (unpaired) electrons. The van der Waals surface area contributed by atoms with Gasteiger partial charge in [-0.25, -0.2) is 0 Å². The Hall–Kier alpha value is -1.88. The van der Waals surface area contributed by atoms with Crippen LogP contribution in [0.2, 0.25) is 0 Å². The summed E-state index contributed by atoms with van der Waals surface area (Å²) in [6.45, 7) is 1.98. The van der Waals surface area contributed by atoms with Crippen molar-refractivity contribution < 1.29 is 13.2 Å². The third-order valence-corrected chi connectivity index (χ3v) is 3.11. The van der Waals surface area contributed by atoms with Gasteiger partial charge in [0, 0.05) is 6.20 Å². The first kappa shape index (κ1) is 14.5. The summed E-state index contributed by atoms with van der Waals surface area (Å²) in [4.78, 5) is 3.93. The van der Waals surface area contributed by atoms with Gasteiger partial charge < -0.3 is 5.32 Å². The predicted molar refractivity (Wildman–Crippen MR) is 71.3 cm³/mol. The van der Waals surface area contributed by atoms with Crippen molar-refractivity contribution in [2.75, 3.05) is 7.05 Å². The normalized spacial score (nSPS) is 13.2. The van der Waals surface area contributed by atoms with E-state index in [-0.39, 0.29) is 6.04 Å². The molecule has 1 aromatic heterocycles. The van der Waals surface area contributed by atoms with Crippen LogP contribution in [0.15, 0.2) is 42.6 Å². The zero-order valence-corrected chi connectivity index (χ0v) is 11.2. The van der Waals surface area contributed by atoms with Gasteiger partial charge in [-0.05, 0) is 31.7 Å². The molecular formula is C15H15F3N2. The minimum Gasteiger partial charge on any atom is -0.308 e. The number of aryl methyl sites for hydroxylation is 1. The molecule has 1 N–H and O–H groups in total. The van der Waals surface area contributed by atoms with Crippen molar-refractivity contribution in [1.29, 1.82) is 0 Å². The van der Waals surface area contributed by atoms with E-state index in [1.165, 1.54) is 6.07 Å². The molecule has 2 rings (SSSR count). The van der Waals surface area contributed by atoms with Crippen LogP contribution in [-0.2, 0) is 6.18 Å². The van der Waals surface area contributed by atoms with Gasteiger partial charge in [-0.1, -0.05) is 29.8 Å². The number of nitrogens with one attached hydrogen (secondary N) is 1. The Kier molecular flexibility index (Phi) is 4.09. The van der Waals surface area contributed by atoms with E-state index in [0.717, 1.165) is 23.4 Å². The van der Waals surface area contributed by atoms with E-state index >= 15 is 0 Å². The van der Waals surface area contributed by atoms with Crippen LogP contribution in [0, 0.1) is 6.92 Å². The van der Waals surface area contributed by atoms with E-state index in [4.69, 9.17) is 0 Å². The van der Waals surface area contributed by atoms with Gasteiger partial charge in [0.2, 0.25) is 0 Å². The second-order valence-electron chi connectivity index (χ2n) is 4.60. The lowest BCUT2D eigenvalue weighted by Gasteiger charge is -2.17. The van der Waals surface area contributed by atoms with E-state index in [0.29, 0.717) is 5.69 Å². The van der Waals surface area contributed by atoms with Crippen molar-refractivity contribution in [2.45, 2.75) is 19.1 Å². The van der Waals surface area contributed by atoms with Crippen molar-refractivity contribution >= 4 is 0 Å². The number of halogens is 3. The summed E-state index contributed by atoms with van der Waals surface area (Å²) < 4.78 is 37.5. The summed E-state index contributed by atoms with van der Waals surface area (Å²) in [5, 5.41) is 3.07. The van der Waals surface area contributed by atoms with E-state index < -0.39 is 11.7 Å². The molecule has 0 amide bonds. The quantitative estimate of drug-likeness (QED) is 0.927. The average molecular weight is 280 g/mol. The molecule has 0 saturated heterocycles. The van der Waals surface area contributed by atoms with Crippen LogP contribution in [-0.4, -0.2) is 12.0 Å². The Balaban J connectivity index is 2.30. The van der Waals surface area contributed by atoms with Gasteiger partial charge in [-0.2, -0.15) is 13.2 Å². The number of hydrogen-bond donors (Lipinski definition) is 1. The van der Waals surface area contributed by atoms with E-state index in [1.807, 2.05) is 31.2 Å². The number of aromatic nitrogens is 1. The van der Waals surface area contributed by atoms with Gasteiger partial charge in [-0.15, -0.1) is 0 Å². The first-order chi connectivity index (χ1) is 9.41. The smallest absolute Gasteiger partial charge is 0.308 e. The van der Waals surface area contributed by atoms with E-state index in [9.17, 15) is 13.2 Å². The summed E-state index contributed by atoms with van der Waals surface area (Å²) in [5.74, 6) is 0. The maximum Gasteiger partial charge on any atom is 0.417 e. The topological polar surface area (TPSA) is 24.9 Å². The highest BCUT2D eigenvalue weighted by atomic mass is 19.4. The second kappa shape index (κ2) is 5.63. The van der Waals surface area contributed by atoms with Gasteiger partial charge in [0.1, 0.15) is 0 Å². The summed E-state index contributed by atoms with van der Waals surface area (Å²) in [6, 6.07) is 10.0. The highest BCUT2D eigenvalue weighted by molar-refractivity contribution is 5.31. The SMILES string of the molecule is CNC(c1ccc(C)cc1)c1ccc(C(F)(F)F)cn1. The molecule has 0 bridgehead atoms. The standard InChI is InChI=1S/C15H15F3N2/c1-10-3-5-11(6-4-10)14(19-2)13-8-7-12(9-20-13)15(16,17)18/h3-9,14,19H,1-2H3. The number of hydrogen-bond acceptors (Lipinski definition) is 2. The molecule has 1 aromatic carbocycles. The fourth-order valence-corrected chi connectivity index (χ4v) is 1.99. The van der Waals surface area contributed by atoms with Crippen molar-refractivity contribution in [2.24, 2.45) is 0 Å². The molecule has 2 nitrogen and oxygen atoms in total. The third-order valence-electron chi connectivity index (χ3n) is 3.11. The first-order valence-corrected chi connectivity index (χ1v) is 6.19. The van der Waals surface area contributed by atoms with Crippen LogP contribution in [0.1, 0.15) is 28.4 Å². The molecule has 0 saturated carbocycles. The molecule has 5 heteroatoms. The maximum absolute atomic E-state index is 12.5. The lowest BCUT2D eigenvalue weighted by atomic mass is 10.0. The Morgan fingerprint density at radius 2 is 1.70 bits per heavy atom. The van der Waals surface area contributed by atoms with E-state index in [2.05, 4.69) is 10.3 Å². The Morgan fingerprint density at radius 1 is 1.05 bits per heavy atom. The molecule has 0 aliphatic rings. The highest BCUT2D eigenvalue weighted by Crippen LogP contribution is 2.29. The zero-order chi connectivity index (χ0) is 14.8. The maximum atomic E-state index is 12.5. The number of rotatable bonds is 3. The molecule has 20 heavy (non-hydrogen) atoms. The van der Waals surface area contributed by atoms with Crippen LogP contribution >= 0.6 is 0 Å². The molecule has 1 heterocycles. The number of pyridine rings is 1. The number of benzene rings is 1. The second-order valence-corrected chi connectivity index (χ2v) is 4.60. The number of alkyl halides is 3. The minimum atomic E-state index is -4.36. The van der Waals surface area contributed by atoms with Crippen LogP contribution in [0.4, 0.5) is 13.2 Å². The molecule has 2 aromatic rings. The van der Waals surface area contributed by atoms with Crippen molar-refractivity contribution in [3.8, 4) is 0 Å². The van der Waals surface area contributed by atoms with Crippen molar-refractivity contribution in [3.63, 3.8) is 0 Å². The first-order valence-electron chi connectivity index (χ1n) is 6.19. The largest absolute Gasteiger partial charge is 0.417 e. The third kappa shape index (κ3) is 3.17. The van der Waals surface area contributed by atoms with Crippen LogP contribution < -0.4 is 5.32 Å². The highest BCUT2D eigenvalue weighted by Gasteiger charge is 2.31. The zero-order valence-electron chi connectivity index (χ0n) is 11.2. The van der Waals surface area contributed by atoms with Crippen molar-refractivity contribution in [1.82, 2.24) is 10.3 Å². The summed E-state index contributed by atoms with van der Waals surface area (Å²) in [6.07, 6.45) is -3.49. The van der Waals surface area contributed by atoms with Gasteiger partial charge in [0.15, 0.2) is 0 Å². The average Bonchev–Trinajstić information content (AvgIpc) is 2.41. The molecule has 0 aliphatic carbocycles. The van der Waals surface area contributed by atoms with Gasteiger partial charge in [0.25, 0.3) is 0 Å². The Labute approximate surface area is 115 Å². The molecule has 1 unspecified atom stereocenters. The molecule has 1 atom stereocenters. The lowest BCUT2D eigenvalue weighted by molar-refractivity contribution is -0.137. The summed E-state index contributed by atoms with van der Waals surface area (Å²) in [7, 11) is 1.75. The van der Waals surface area contributed by atoms with Crippen LogP contribution in [0.25, 0.3) is 0 Å². The molecule has 0 aliphatic heterocycles. The fourth-order valence-electron chi connectivity index (χ4n) is 1.99. The molecule has 0 spiro atoms. The minimum absolute atomic E-state index is 0.224. The van der Waals surface area contributed by atoms with Crippen LogP contribution in [0.3, 0.4) is 0 Å². The van der Waals surface area contributed by atoms with Crippen molar-refractivity contribution in [3.05, 3.63) is 65.0 Å². The fraction of sp³-hybridized carbons (Fsp3) is 0.267. The van der Waals surface area contributed by atoms with Gasteiger partial charge in [0.05, 0.1) is 17.3 Å². The van der Waals surface area contributed by atoms with Gasteiger partial charge in [-0.3, -0.25) is 4.98 Å². The Bertz CT molecular complexity index is 559. The molecule has 0 fully saturated rings. The monoisotopic (exact) mass is 280 g/mol. The lowest BCUT2D eigenvalue weighted by Crippen LogP contribution is -2.19. The Morgan fingerprint density at radius 3 is 2.15 bits per heavy atom. The van der Waals surface area contributed by atoms with Gasteiger partial charge >= 0.3 is 6.18 Å². The molecular weight excluding hydrogens is 265 g/mol. The van der Waals surface area contributed by atoms with E-state index in [1.54, 1.807) is 7.05 Å². The van der Waals surface area contributed by atoms with Crippen LogP contribution in [0.5, 0.6) is 0 Å². The molecule has 106 valence electrons. The number of nitrogens with zero attached hydrogens (tertiary/aromatic N) is 1. The summed E-state index contributed by atoms with van der Waals surface area (Å²) in [5.41, 5.74) is 1.92. The summed E-state index contributed by atoms with van der Waals surface area (Å²) >= 11 is 0.